The number of nitrogens with zero attached hydrogens (tertiary/aromatic N) is 4. The van der Waals surface area contributed by atoms with Gasteiger partial charge in [-0.1, -0.05) is 18.2 Å². The molecule has 5 nitrogen and oxygen atoms in total. The summed E-state index contributed by atoms with van der Waals surface area (Å²) in [4.78, 5) is 26.4. The average Bonchev–Trinajstić information content (AvgIpc) is 3.21. The van der Waals surface area contributed by atoms with Gasteiger partial charge in [-0.25, -0.2) is 4.98 Å². The predicted molar refractivity (Wildman–Crippen MR) is 104 cm³/mol. The Morgan fingerprint density at radius 1 is 1.19 bits per heavy atom. The lowest BCUT2D eigenvalue weighted by atomic mass is 10.1. The topological polar surface area (TPSA) is 49.3 Å². The summed E-state index contributed by atoms with van der Waals surface area (Å²) in [5, 5.41) is 4.16. The number of rotatable bonds is 3. The van der Waals surface area contributed by atoms with Gasteiger partial charge < -0.3 is 4.90 Å². The molecule has 1 saturated heterocycles. The molecule has 0 saturated carbocycles. The summed E-state index contributed by atoms with van der Waals surface area (Å²) in [6.45, 7) is 7.31. The standard InChI is InChI=1S/C20H22N4OS/c1-14-17(13-16-5-3-4-6-18(16)22-14)20(25)24-10-8-23(9-11-24)15(2)19-21-7-12-26-19/h3-7,12-13,15H,8-11H2,1-2H3. The number of pyridine rings is 1. The van der Waals surface area contributed by atoms with E-state index in [2.05, 4.69) is 21.8 Å². The number of thiazole rings is 1. The molecule has 3 heterocycles. The second-order valence-electron chi connectivity index (χ2n) is 6.69. The van der Waals surface area contributed by atoms with E-state index in [1.807, 2.05) is 53.7 Å². The molecule has 4 rings (SSSR count). The quantitative estimate of drug-likeness (QED) is 0.712. The molecule has 0 radical (unpaired) electrons. The Hall–Kier alpha value is -2.31. The van der Waals surface area contributed by atoms with Crippen molar-refractivity contribution in [3.8, 4) is 0 Å². The van der Waals surface area contributed by atoms with E-state index in [0.29, 0.717) is 11.6 Å². The maximum atomic E-state index is 13.0. The first-order valence-electron chi connectivity index (χ1n) is 8.92. The van der Waals surface area contributed by atoms with Crippen LogP contribution >= 0.6 is 11.3 Å². The summed E-state index contributed by atoms with van der Waals surface area (Å²) in [6.07, 6.45) is 1.85. The van der Waals surface area contributed by atoms with Crippen LogP contribution in [0.1, 0.15) is 34.0 Å². The van der Waals surface area contributed by atoms with Crippen molar-refractivity contribution in [1.29, 1.82) is 0 Å². The highest BCUT2D eigenvalue weighted by atomic mass is 32.1. The van der Waals surface area contributed by atoms with E-state index in [9.17, 15) is 4.79 Å². The molecule has 0 N–H and O–H groups in total. The van der Waals surface area contributed by atoms with Gasteiger partial charge in [0.25, 0.3) is 5.91 Å². The van der Waals surface area contributed by atoms with Gasteiger partial charge in [-0.15, -0.1) is 11.3 Å². The molecule has 0 bridgehead atoms. The maximum absolute atomic E-state index is 13.0. The second kappa shape index (κ2) is 7.13. The molecular formula is C20H22N4OS. The number of hydrogen-bond donors (Lipinski definition) is 0. The van der Waals surface area contributed by atoms with Gasteiger partial charge in [0.15, 0.2) is 0 Å². The summed E-state index contributed by atoms with van der Waals surface area (Å²) < 4.78 is 0. The van der Waals surface area contributed by atoms with Crippen molar-refractivity contribution in [3.05, 3.63) is 58.2 Å². The largest absolute Gasteiger partial charge is 0.336 e. The molecule has 1 unspecified atom stereocenters. The van der Waals surface area contributed by atoms with Crippen molar-refractivity contribution in [1.82, 2.24) is 19.8 Å². The summed E-state index contributed by atoms with van der Waals surface area (Å²) in [6, 6.07) is 10.2. The molecule has 134 valence electrons. The van der Waals surface area contributed by atoms with E-state index in [-0.39, 0.29) is 5.91 Å². The number of aromatic nitrogens is 2. The van der Waals surface area contributed by atoms with E-state index in [4.69, 9.17) is 0 Å². The molecule has 1 aromatic carbocycles. The average molecular weight is 366 g/mol. The van der Waals surface area contributed by atoms with Crippen LogP contribution in [-0.4, -0.2) is 51.9 Å². The lowest BCUT2D eigenvalue weighted by Gasteiger charge is -2.37. The van der Waals surface area contributed by atoms with E-state index in [1.165, 1.54) is 0 Å². The zero-order valence-electron chi connectivity index (χ0n) is 15.1. The number of carbonyl (C=O) groups is 1. The van der Waals surface area contributed by atoms with Gasteiger partial charge in [0.1, 0.15) is 5.01 Å². The van der Waals surface area contributed by atoms with Crippen LogP contribution in [0.3, 0.4) is 0 Å². The number of benzene rings is 1. The van der Waals surface area contributed by atoms with Crippen LogP contribution in [0.5, 0.6) is 0 Å². The first-order valence-corrected chi connectivity index (χ1v) is 9.80. The van der Waals surface area contributed by atoms with E-state index >= 15 is 0 Å². The van der Waals surface area contributed by atoms with Gasteiger partial charge in [0, 0.05) is 43.1 Å². The SMILES string of the molecule is Cc1nc2ccccc2cc1C(=O)N1CCN(C(C)c2nccs2)CC1. The highest BCUT2D eigenvalue weighted by Crippen LogP contribution is 2.24. The normalized spacial score (nSPS) is 16.8. The van der Waals surface area contributed by atoms with Crippen LogP contribution in [0.4, 0.5) is 0 Å². The van der Waals surface area contributed by atoms with Crippen molar-refractivity contribution < 1.29 is 4.79 Å². The number of hydrogen-bond acceptors (Lipinski definition) is 5. The van der Waals surface area contributed by atoms with Gasteiger partial charge in [0.2, 0.25) is 0 Å². The summed E-state index contributed by atoms with van der Waals surface area (Å²) in [5.74, 6) is 0.0855. The highest BCUT2D eigenvalue weighted by Gasteiger charge is 2.27. The Bertz CT molecular complexity index is 917. The third-order valence-electron chi connectivity index (χ3n) is 5.10. The maximum Gasteiger partial charge on any atom is 0.255 e. The molecule has 3 aromatic rings. The third kappa shape index (κ3) is 3.22. The van der Waals surface area contributed by atoms with E-state index < -0.39 is 0 Å². The van der Waals surface area contributed by atoms with Crippen molar-refractivity contribution in [3.63, 3.8) is 0 Å². The Kier molecular flexibility index (Phi) is 4.70. The van der Waals surface area contributed by atoms with Gasteiger partial charge in [-0.05, 0) is 26.0 Å². The summed E-state index contributed by atoms with van der Waals surface area (Å²) in [7, 11) is 0. The van der Waals surface area contributed by atoms with Crippen LogP contribution in [0.15, 0.2) is 41.9 Å². The zero-order valence-corrected chi connectivity index (χ0v) is 15.9. The molecule has 26 heavy (non-hydrogen) atoms. The molecule has 0 aliphatic carbocycles. The van der Waals surface area contributed by atoms with E-state index in [1.54, 1.807) is 11.3 Å². The molecule has 1 aliphatic heterocycles. The summed E-state index contributed by atoms with van der Waals surface area (Å²) in [5.41, 5.74) is 2.45. The van der Waals surface area contributed by atoms with Crippen LogP contribution in [0.25, 0.3) is 10.9 Å². The fraction of sp³-hybridized carbons (Fsp3) is 0.350. The first kappa shape index (κ1) is 17.1. The molecule has 6 heteroatoms. The third-order valence-corrected chi connectivity index (χ3v) is 6.05. The molecule has 2 aromatic heterocycles. The number of fused-ring (bicyclic) bond motifs is 1. The van der Waals surface area contributed by atoms with Crippen LogP contribution in [0, 0.1) is 6.92 Å². The van der Waals surface area contributed by atoms with Gasteiger partial charge >= 0.3 is 0 Å². The monoisotopic (exact) mass is 366 g/mol. The Balaban J connectivity index is 1.48. The van der Waals surface area contributed by atoms with Crippen LogP contribution in [0.2, 0.25) is 0 Å². The smallest absolute Gasteiger partial charge is 0.255 e. The minimum absolute atomic E-state index is 0.0855. The van der Waals surface area contributed by atoms with E-state index in [0.717, 1.165) is 47.8 Å². The van der Waals surface area contributed by atoms with Gasteiger partial charge in [0.05, 0.1) is 22.8 Å². The second-order valence-corrected chi connectivity index (χ2v) is 7.61. The Morgan fingerprint density at radius 3 is 2.69 bits per heavy atom. The molecule has 0 spiro atoms. The van der Waals surface area contributed by atoms with Gasteiger partial charge in [-0.3, -0.25) is 14.7 Å². The fourth-order valence-electron chi connectivity index (χ4n) is 3.51. The number of piperazine rings is 1. The molecule has 1 atom stereocenters. The lowest BCUT2D eigenvalue weighted by molar-refractivity contribution is 0.0581. The Labute approximate surface area is 157 Å². The first-order chi connectivity index (χ1) is 12.6. The van der Waals surface area contributed by atoms with Crippen LogP contribution in [-0.2, 0) is 0 Å². The Morgan fingerprint density at radius 2 is 1.96 bits per heavy atom. The summed E-state index contributed by atoms with van der Waals surface area (Å²) >= 11 is 1.69. The predicted octanol–water partition coefficient (Wildman–Crippen LogP) is 3.52. The van der Waals surface area contributed by atoms with Crippen molar-refractivity contribution in [2.75, 3.05) is 26.2 Å². The number of carbonyl (C=O) groups excluding carboxylic acids is 1. The zero-order chi connectivity index (χ0) is 18.1. The van der Waals surface area contributed by atoms with Crippen molar-refractivity contribution >= 4 is 28.1 Å². The molecule has 1 aliphatic rings. The molecule has 1 fully saturated rings. The number of amides is 1. The molecule has 1 amide bonds. The van der Waals surface area contributed by atoms with Crippen molar-refractivity contribution in [2.24, 2.45) is 0 Å². The van der Waals surface area contributed by atoms with Crippen molar-refractivity contribution in [2.45, 2.75) is 19.9 Å². The number of para-hydroxylation sites is 1. The fourth-order valence-corrected chi connectivity index (χ4v) is 4.24. The van der Waals surface area contributed by atoms with Gasteiger partial charge in [-0.2, -0.15) is 0 Å². The minimum Gasteiger partial charge on any atom is -0.336 e. The lowest BCUT2D eigenvalue weighted by Crippen LogP contribution is -2.49. The van der Waals surface area contributed by atoms with Crippen LogP contribution < -0.4 is 0 Å². The number of aryl methyl sites for hydroxylation is 1. The molecular weight excluding hydrogens is 344 g/mol. The minimum atomic E-state index is 0.0855. The highest BCUT2D eigenvalue weighted by molar-refractivity contribution is 7.09.